The minimum atomic E-state index is -0.0802. The van der Waals surface area contributed by atoms with Gasteiger partial charge in [-0.05, 0) is 44.2 Å². The van der Waals surface area contributed by atoms with Crippen molar-refractivity contribution in [1.29, 1.82) is 0 Å². The highest BCUT2D eigenvalue weighted by Gasteiger charge is 2.24. The Hall–Kier alpha value is -1.51. The number of aryl methyl sites for hydroxylation is 1. The second-order valence-corrected chi connectivity index (χ2v) is 5.83. The van der Waals surface area contributed by atoms with Crippen LogP contribution >= 0.6 is 0 Å². The van der Waals surface area contributed by atoms with E-state index in [4.69, 9.17) is 4.74 Å². The molecule has 20 heavy (non-hydrogen) atoms. The van der Waals surface area contributed by atoms with E-state index < -0.39 is 0 Å². The monoisotopic (exact) mass is 275 g/mol. The number of anilines is 1. The lowest BCUT2D eigenvalue weighted by Gasteiger charge is -2.28. The van der Waals surface area contributed by atoms with Gasteiger partial charge in [0.1, 0.15) is 6.10 Å². The molecule has 0 spiro atoms. The van der Waals surface area contributed by atoms with Crippen molar-refractivity contribution < 1.29 is 9.53 Å². The molecule has 2 atom stereocenters. The minimum Gasteiger partial charge on any atom is -0.462 e. The highest BCUT2D eigenvalue weighted by Crippen LogP contribution is 2.26. The molecule has 0 bridgehead atoms. The third kappa shape index (κ3) is 4.55. The van der Waals surface area contributed by atoms with E-state index in [1.807, 2.05) is 12.1 Å². The zero-order chi connectivity index (χ0) is 14.4. The number of nitrogens with one attached hydrogen (secondary N) is 1. The first-order valence-corrected chi connectivity index (χ1v) is 7.65. The van der Waals surface area contributed by atoms with E-state index in [0.717, 1.165) is 12.1 Å². The normalized spacial score (nSPS) is 22.3. The lowest BCUT2D eigenvalue weighted by Crippen LogP contribution is -2.28. The number of rotatable bonds is 5. The average Bonchev–Trinajstić information content (AvgIpc) is 2.44. The second kappa shape index (κ2) is 7.32. The smallest absolute Gasteiger partial charge is 0.307 e. The summed E-state index contributed by atoms with van der Waals surface area (Å²) in [5, 5.41) is 3.25. The van der Waals surface area contributed by atoms with E-state index >= 15 is 0 Å². The molecule has 0 heterocycles. The molecule has 110 valence electrons. The molecular weight excluding hydrogens is 250 g/mol. The maximum atomic E-state index is 11.8. The van der Waals surface area contributed by atoms with Gasteiger partial charge in [-0.15, -0.1) is 0 Å². The standard InChI is InChI=1S/C17H25NO2/c1-13-7-9-15(10-8-13)18-12-11-17(19)20-16-6-4-3-5-14(16)2/h7-10,14,16,18H,3-6,11-12H2,1-2H3. The maximum Gasteiger partial charge on any atom is 0.307 e. The number of carbonyl (C=O) groups is 1. The fourth-order valence-electron chi connectivity index (χ4n) is 2.67. The van der Waals surface area contributed by atoms with E-state index in [2.05, 4.69) is 31.3 Å². The van der Waals surface area contributed by atoms with Crippen LogP contribution in [0.1, 0.15) is 44.6 Å². The largest absolute Gasteiger partial charge is 0.462 e. The molecule has 0 radical (unpaired) electrons. The molecule has 0 saturated heterocycles. The van der Waals surface area contributed by atoms with Crippen LogP contribution in [-0.2, 0) is 9.53 Å². The van der Waals surface area contributed by atoms with E-state index in [0.29, 0.717) is 18.9 Å². The molecule has 1 aromatic rings. The third-order valence-electron chi connectivity index (χ3n) is 4.03. The molecule has 1 aromatic carbocycles. The summed E-state index contributed by atoms with van der Waals surface area (Å²) in [5.41, 5.74) is 2.29. The number of hydrogen-bond donors (Lipinski definition) is 1. The van der Waals surface area contributed by atoms with Crippen molar-refractivity contribution in [2.24, 2.45) is 5.92 Å². The summed E-state index contributed by atoms with van der Waals surface area (Å²) in [6.07, 6.45) is 5.22. The summed E-state index contributed by atoms with van der Waals surface area (Å²) in [6, 6.07) is 8.18. The lowest BCUT2D eigenvalue weighted by atomic mass is 9.88. The first kappa shape index (κ1) is 14.9. The number of carbonyl (C=O) groups excluding carboxylic acids is 1. The predicted octanol–water partition coefficient (Wildman–Crippen LogP) is 3.92. The van der Waals surface area contributed by atoms with Gasteiger partial charge in [-0.2, -0.15) is 0 Å². The summed E-state index contributed by atoms with van der Waals surface area (Å²) < 4.78 is 5.58. The minimum absolute atomic E-state index is 0.0802. The van der Waals surface area contributed by atoms with Crippen molar-refractivity contribution in [3.05, 3.63) is 29.8 Å². The van der Waals surface area contributed by atoms with Crippen LogP contribution in [0.4, 0.5) is 5.69 Å². The van der Waals surface area contributed by atoms with Gasteiger partial charge in [0.05, 0.1) is 6.42 Å². The molecule has 0 amide bonds. The molecule has 1 N–H and O–H groups in total. The van der Waals surface area contributed by atoms with E-state index in [1.54, 1.807) is 0 Å². The molecule has 0 aromatic heterocycles. The van der Waals surface area contributed by atoms with Crippen LogP contribution in [0.2, 0.25) is 0 Å². The number of hydrogen-bond acceptors (Lipinski definition) is 3. The first-order valence-electron chi connectivity index (χ1n) is 7.65. The molecular formula is C17H25NO2. The predicted molar refractivity (Wildman–Crippen MR) is 81.8 cm³/mol. The Labute approximate surface area is 121 Å². The molecule has 3 heteroatoms. The summed E-state index contributed by atoms with van der Waals surface area (Å²) in [6.45, 7) is 4.87. The highest BCUT2D eigenvalue weighted by molar-refractivity contribution is 5.70. The number of esters is 1. The molecule has 1 fully saturated rings. The van der Waals surface area contributed by atoms with Gasteiger partial charge in [0.25, 0.3) is 0 Å². The molecule has 2 rings (SSSR count). The SMILES string of the molecule is Cc1ccc(NCCC(=O)OC2CCCCC2C)cc1. The van der Waals surface area contributed by atoms with E-state index in [-0.39, 0.29) is 12.1 Å². The van der Waals surface area contributed by atoms with Crippen molar-refractivity contribution in [3.8, 4) is 0 Å². The van der Waals surface area contributed by atoms with Crippen molar-refractivity contribution >= 4 is 11.7 Å². The topological polar surface area (TPSA) is 38.3 Å². The number of ether oxygens (including phenoxy) is 1. The Morgan fingerprint density at radius 2 is 1.95 bits per heavy atom. The van der Waals surface area contributed by atoms with Gasteiger partial charge in [-0.3, -0.25) is 4.79 Å². The van der Waals surface area contributed by atoms with Gasteiger partial charge in [0, 0.05) is 12.2 Å². The second-order valence-electron chi connectivity index (χ2n) is 5.83. The summed E-state index contributed by atoms with van der Waals surface area (Å²) in [5.74, 6) is 0.432. The van der Waals surface area contributed by atoms with Crippen LogP contribution in [0.15, 0.2) is 24.3 Å². The van der Waals surface area contributed by atoms with Crippen LogP contribution in [0.3, 0.4) is 0 Å². The Morgan fingerprint density at radius 3 is 2.65 bits per heavy atom. The van der Waals surface area contributed by atoms with Crippen LogP contribution in [-0.4, -0.2) is 18.6 Å². The quantitative estimate of drug-likeness (QED) is 0.828. The van der Waals surface area contributed by atoms with Crippen molar-refractivity contribution in [3.63, 3.8) is 0 Å². The summed E-state index contributed by atoms with van der Waals surface area (Å²) >= 11 is 0. The Bertz CT molecular complexity index is 427. The fraction of sp³-hybridized carbons (Fsp3) is 0.588. The van der Waals surface area contributed by atoms with E-state index in [1.165, 1.54) is 24.8 Å². The number of benzene rings is 1. The average molecular weight is 275 g/mol. The summed E-state index contributed by atoms with van der Waals surface area (Å²) in [4.78, 5) is 11.8. The molecule has 1 aliphatic rings. The van der Waals surface area contributed by atoms with Gasteiger partial charge in [0.15, 0.2) is 0 Å². The maximum absolute atomic E-state index is 11.8. The van der Waals surface area contributed by atoms with Gasteiger partial charge in [-0.1, -0.05) is 31.0 Å². The zero-order valence-electron chi connectivity index (χ0n) is 12.5. The molecule has 0 aliphatic heterocycles. The molecule has 2 unspecified atom stereocenters. The van der Waals surface area contributed by atoms with Gasteiger partial charge in [0.2, 0.25) is 0 Å². The summed E-state index contributed by atoms with van der Waals surface area (Å²) in [7, 11) is 0. The van der Waals surface area contributed by atoms with Gasteiger partial charge < -0.3 is 10.1 Å². The van der Waals surface area contributed by atoms with Gasteiger partial charge in [-0.25, -0.2) is 0 Å². The van der Waals surface area contributed by atoms with Crippen LogP contribution in [0, 0.1) is 12.8 Å². The third-order valence-corrected chi connectivity index (χ3v) is 4.03. The van der Waals surface area contributed by atoms with Crippen molar-refractivity contribution in [1.82, 2.24) is 0 Å². The first-order chi connectivity index (χ1) is 9.65. The lowest BCUT2D eigenvalue weighted by molar-refractivity contribution is -0.152. The van der Waals surface area contributed by atoms with Gasteiger partial charge >= 0.3 is 5.97 Å². The van der Waals surface area contributed by atoms with Crippen LogP contribution in [0.25, 0.3) is 0 Å². The molecule has 1 aliphatic carbocycles. The Morgan fingerprint density at radius 1 is 1.25 bits per heavy atom. The molecule has 1 saturated carbocycles. The van der Waals surface area contributed by atoms with Crippen molar-refractivity contribution in [2.45, 2.75) is 52.1 Å². The zero-order valence-corrected chi connectivity index (χ0v) is 12.5. The Balaban J connectivity index is 1.68. The highest BCUT2D eigenvalue weighted by atomic mass is 16.5. The Kier molecular flexibility index (Phi) is 5.45. The van der Waals surface area contributed by atoms with Crippen LogP contribution in [0.5, 0.6) is 0 Å². The van der Waals surface area contributed by atoms with Crippen molar-refractivity contribution in [2.75, 3.05) is 11.9 Å². The van der Waals surface area contributed by atoms with Crippen LogP contribution < -0.4 is 5.32 Å². The molecule has 3 nitrogen and oxygen atoms in total. The van der Waals surface area contributed by atoms with E-state index in [9.17, 15) is 4.79 Å². The fourth-order valence-corrected chi connectivity index (χ4v) is 2.67.